The molecule has 2 amide bonds. The standard InChI is InChI=1S/C10H16N2O4/c1-3-5-6-7-16-10(15)9(14)12-11-8(13)4-2/h4H,2-3,5-7H2,1H3,(H,11,13)(H,12,14). The molecule has 0 radical (unpaired) electrons. The Hall–Kier alpha value is -1.85. The monoisotopic (exact) mass is 228 g/mol. The highest BCUT2D eigenvalue weighted by atomic mass is 16.5. The third-order valence-corrected chi connectivity index (χ3v) is 1.65. The number of hydrazine groups is 1. The predicted molar refractivity (Wildman–Crippen MR) is 57.0 cm³/mol. The van der Waals surface area contributed by atoms with E-state index >= 15 is 0 Å². The largest absolute Gasteiger partial charge is 0.459 e. The molecule has 2 N–H and O–H groups in total. The van der Waals surface area contributed by atoms with Gasteiger partial charge in [0.15, 0.2) is 0 Å². The number of nitrogens with one attached hydrogen (secondary N) is 2. The van der Waals surface area contributed by atoms with Crippen LogP contribution in [0.4, 0.5) is 0 Å². The van der Waals surface area contributed by atoms with Crippen molar-refractivity contribution in [3.8, 4) is 0 Å². The summed E-state index contributed by atoms with van der Waals surface area (Å²) in [6.45, 7) is 5.39. The van der Waals surface area contributed by atoms with Gasteiger partial charge in [-0.25, -0.2) is 4.79 Å². The smallest absolute Gasteiger partial charge is 0.398 e. The molecule has 0 heterocycles. The van der Waals surface area contributed by atoms with Crippen LogP contribution in [0.5, 0.6) is 0 Å². The van der Waals surface area contributed by atoms with Crippen molar-refractivity contribution in [2.45, 2.75) is 26.2 Å². The molecule has 0 aromatic rings. The van der Waals surface area contributed by atoms with Gasteiger partial charge in [-0.15, -0.1) is 0 Å². The highest BCUT2D eigenvalue weighted by Gasteiger charge is 2.14. The molecule has 16 heavy (non-hydrogen) atoms. The first kappa shape index (κ1) is 14.2. The van der Waals surface area contributed by atoms with Gasteiger partial charge in [0, 0.05) is 0 Å². The van der Waals surface area contributed by atoms with E-state index in [-0.39, 0.29) is 6.61 Å². The van der Waals surface area contributed by atoms with Crippen LogP contribution in [0.3, 0.4) is 0 Å². The molecule has 0 unspecified atom stereocenters. The molecule has 0 aliphatic heterocycles. The van der Waals surface area contributed by atoms with E-state index in [0.29, 0.717) is 6.42 Å². The van der Waals surface area contributed by atoms with Gasteiger partial charge in [-0.05, 0) is 12.5 Å². The second-order valence-electron chi connectivity index (χ2n) is 2.99. The highest BCUT2D eigenvalue weighted by Crippen LogP contribution is 1.94. The van der Waals surface area contributed by atoms with Crippen molar-refractivity contribution in [1.82, 2.24) is 10.9 Å². The van der Waals surface area contributed by atoms with Crippen LogP contribution >= 0.6 is 0 Å². The summed E-state index contributed by atoms with van der Waals surface area (Å²) < 4.78 is 4.64. The molecule has 0 fully saturated rings. The number of amides is 2. The molecule has 0 saturated heterocycles. The number of hydrogen-bond acceptors (Lipinski definition) is 4. The molecule has 0 aromatic carbocycles. The minimum absolute atomic E-state index is 0.204. The lowest BCUT2D eigenvalue weighted by atomic mass is 10.3. The van der Waals surface area contributed by atoms with Crippen LogP contribution in [0.15, 0.2) is 12.7 Å². The van der Waals surface area contributed by atoms with E-state index in [1.807, 2.05) is 17.8 Å². The lowest BCUT2D eigenvalue weighted by Crippen LogP contribution is -2.44. The number of carbonyl (C=O) groups is 3. The second-order valence-corrected chi connectivity index (χ2v) is 2.99. The van der Waals surface area contributed by atoms with Crippen LogP contribution in [0.2, 0.25) is 0 Å². The molecular weight excluding hydrogens is 212 g/mol. The molecule has 0 aliphatic carbocycles. The van der Waals surface area contributed by atoms with Crippen LogP contribution in [0.25, 0.3) is 0 Å². The molecule has 0 saturated carbocycles. The summed E-state index contributed by atoms with van der Waals surface area (Å²) in [5.74, 6) is -2.63. The van der Waals surface area contributed by atoms with Crippen LogP contribution in [0, 0.1) is 0 Å². The number of esters is 1. The van der Waals surface area contributed by atoms with Crippen molar-refractivity contribution in [3.63, 3.8) is 0 Å². The fourth-order valence-corrected chi connectivity index (χ4v) is 0.803. The Balaban J connectivity index is 3.69. The average Bonchev–Trinajstić information content (AvgIpc) is 2.30. The summed E-state index contributed by atoms with van der Waals surface area (Å²) in [5.41, 5.74) is 3.85. The third-order valence-electron chi connectivity index (χ3n) is 1.65. The van der Waals surface area contributed by atoms with Crippen LogP contribution < -0.4 is 10.9 Å². The number of carbonyl (C=O) groups excluding carboxylic acids is 3. The maximum Gasteiger partial charge on any atom is 0.398 e. The highest BCUT2D eigenvalue weighted by molar-refractivity contribution is 6.32. The Bertz CT molecular complexity index is 276. The van der Waals surface area contributed by atoms with Gasteiger partial charge in [-0.3, -0.25) is 20.4 Å². The molecular formula is C10H16N2O4. The summed E-state index contributed by atoms with van der Waals surface area (Å²) in [6, 6.07) is 0. The van der Waals surface area contributed by atoms with Crippen molar-refractivity contribution in [1.29, 1.82) is 0 Å². The third kappa shape index (κ3) is 6.58. The molecule has 0 spiro atoms. The predicted octanol–water partition coefficient (Wildman–Crippen LogP) is 0.0532. The van der Waals surface area contributed by atoms with Crippen molar-refractivity contribution in [3.05, 3.63) is 12.7 Å². The van der Waals surface area contributed by atoms with Crippen LogP contribution in [-0.4, -0.2) is 24.4 Å². The lowest BCUT2D eigenvalue weighted by Gasteiger charge is -2.05. The summed E-state index contributed by atoms with van der Waals surface area (Å²) >= 11 is 0. The summed E-state index contributed by atoms with van der Waals surface area (Å²) in [5, 5.41) is 0. The fourth-order valence-electron chi connectivity index (χ4n) is 0.803. The fraction of sp³-hybridized carbons (Fsp3) is 0.500. The van der Waals surface area contributed by atoms with E-state index in [0.717, 1.165) is 18.9 Å². The number of hydrogen-bond donors (Lipinski definition) is 2. The Labute approximate surface area is 94.0 Å². The van der Waals surface area contributed by atoms with Crippen molar-refractivity contribution >= 4 is 17.8 Å². The summed E-state index contributed by atoms with van der Waals surface area (Å²) in [4.78, 5) is 32.6. The van der Waals surface area contributed by atoms with E-state index in [1.165, 1.54) is 0 Å². The zero-order chi connectivity index (χ0) is 12.4. The van der Waals surface area contributed by atoms with E-state index in [2.05, 4.69) is 11.3 Å². The average molecular weight is 228 g/mol. The van der Waals surface area contributed by atoms with Crippen molar-refractivity contribution in [2.75, 3.05) is 6.61 Å². The molecule has 6 nitrogen and oxygen atoms in total. The second kappa shape index (κ2) is 8.46. The zero-order valence-electron chi connectivity index (χ0n) is 9.25. The van der Waals surface area contributed by atoms with Gasteiger partial charge >= 0.3 is 11.9 Å². The normalized spacial score (nSPS) is 9.06. The Morgan fingerprint density at radius 1 is 1.25 bits per heavy atom. The minimum atomic E-state index is -1.01. The zero-order valence-corrected chi connectivity index (χ0v) is 9.25. The molecule has 0 aromatic heterocycles. The van der Waals surface area contributed by atoms with Gasteiger partial charge in [-0.2, -0.15) is 0 Å². The van der Waals surface area contributed by atoms with Gasteiger partial charge in [-0.1, -0.05) is 26.3 Å². The quantitative estimate of drug-likeness (QED) is 0.229. The van der Waals surface area contributed by atoms with Crippen molar-refractivity contribution < 1.29 is 19.1 Å². The first-order valence-electron chi connectivity index (χ1n) is 5.01. The molecule has 0 bridgehead atoms. The molecule has 0 rings (SSSR count). The Kier molecular flexibility index (Phi) is 7.48. The minimum Gasteiger partial charge on any atom is -0.459 e. The maximum atomic E-state index is 11.0. The van der Waals surface area contributed by atoms with Gasteiger partial charge in [0.25, 0.3) is 5.91 Å². The SMILES string of the molecule is C=CC(=O)NNC(=O)C(=O)OCCCCC. The van der Waals surface area contributed by atoms with E-state index in [9.17, 15) is 14.4 Å². The van der Waals surface area contributed by atoms with Crippen molar-refractivity contribution in [2.24, 2.45) is 0 Å². The maximum absolute atomic E-state index is 11.0. The van der Waals surface area contributed by atoms with E-state index in [1.54, 1.807) is 0 Å². The number of unbranched alkanes of at least 4 members (excludes halogenated alkanes) is 2. The summed E-state index contributed by atoms with van der Waals surface area (Å²) in [6.07, 6.45) is 3.61. The first-order chi connectivity index (χ1) is 7.61. The van der Waals surface area contributed by atoms with E-state index in [4.69, 9.17) is 0 Å². The van der Waals surface area contributed by atoms with Crippen LogP contribution in [0.1, 0.15) is 26.2 Å². The first-order valence-corrected chi connectivity index (χ1v) is 5.01. The summed E-state index contributed by atoms with van der Waals surface area (Å²) in [7, 11) is 0. The molecule has 0 aliphatic rings. The van der Waals surface area contributed by atoms with Gasteiger partial charge < -0.3 is 4.74 Å². The van der Waals surface area contributed by atoms with Gasteiger partial charge in [0.2, 0.25) is 0 Å². The Morgan fingerprint density at radius 2 is 1.94 bits per heavy atom. The Morgan fingerprint density at radius 3 is 2.50 bits per heavy atom. The number of ether oxygens (including phenoxy) is 1. The molecule has 0 atom stereocenters. The van der Waals surface area contributed by atoms with Gasteiger partial charge in [0.05, 0.1) is 6.61 Å². The molecule has 90 valence electrons. The molecule has 6 heteroatoms. The lowest BCUT2D eigenvalue weighted by molar-refractivity contribution is -0.155. The topological polar surface area (TPSA) is 84.5 Å². The van der Waals surface area contributed by atoms with Gasteiger partial charge in [0.1, 0.15) is 0 Å². The van der Waals surface area contributed by atoms with Crippen LogP contribution in [-0.2, 0) is 19.1 Å². The van der Waals surface area contributed by atoms with E-state index < -0.39 is 17.8 Å². The number of rotatable bonds is 5.